The molecule has 0 amide bonds. The lowest BCUT2D eigenvalue weighted by Crippen LogP contribution is -2.09. The van der Waals surface area contributed by atoms with E-state index in [1.807, 2.05) is 11.3 Å². The fraction of sp³-hybridized carbons (Fsp3) is 0. The van der Waals surface area contributed by atoms with Crippen molar-refractivity contribution in [1.82, 2.24) is 4.57 Å². The van der Waals surface area contributed by atoms with Crippen LogP contribution in [-0.2, 0) is 0 Å². The summed E-state index contributed by atoms with van der Waals surface area (Å²) in [5.41, 5.74) is 15.7. The van der Waals surface area contributed by atoms with Crippen molar-refractivity contribution in [1.29, 1.82) is 0 Å². The van der Waals surface area contributed by atoms with E-state index in [1.165, 1.54) is 64.1 Å². The summed E-state index contributed by atoms with van der Waals surface area (Å²) in [6.07, 6.45) is 0. The number of anilines is 3. The third kappa shape index (κ3) is 6.05. The van der Waals surface area contributed by atoms with Gasteiger partial charge in [-0.1, -0.05) is 170 Å². The first-order valence-corrected chi connectivity index (χ1v) is 24.0. The Bertz CT molecular complexity index is 4200. The van der Waals surface area contributed by atoms with Crippen LogP contribution in [0.1, 0.15) is 0 Å². The zero-order chi connectivity index (χ0) is 44.7. The van der Waals surface area contributed by atoms with Gasteiger partial charge in [0.05, 0.1) is 16.7 Å². The summed E-state index contributed by atoms with van der Waals surface area (Å²) in [6.45, 7) is 0. The molecule has 0 spiro atoms. The van der Waals surface area contributed by atoms with Gasteiger partial charge in [-0.05, 0) is 106 Å². The van der Waals surface area contributed by atoms with E-state index >= 15 is 0 Å². The average Bonchev–Trinajstić information content (AvgIpc) is 4.10. The lowest BCUT2D eigenvalue weighted by molar-refractivity contribution is 0.673. The van der Waals surface area contributed by atoms with Crippen molar-refractivity contribution in [3.63, 3.8) is 0 Å². The number of nitrogens with zero attached hydrogens (tertiary/aromatic N) is 2. The van der Waals surface area contributed by atoms with E-state index in [0.29, 0.717) is 0 Å². The largest absolute Gasteiger partial charge is 0.455 e. The summed E-state index contributed by atoms with van der Waals surface area (Å²) >= 11 is 1.87. The Balaban J connectivity index is 0.882. The fourth-order valence-corrected chi connectivity index (χ4v) is 11.9. The molecule has 4 heteroatoms. The molecule has 14 rings (SSSR count). The molecule has 3 heterocycles. The second kappa shape index (κ2) is 15.5. The number of hydrogen-bond acceptors (Lipinski definition) is 3. The topological polar surface area (TPSA) is 21.3 Å². The van der Waals surface area contributed by atoms with Gasteiger partial charge in [0.15, 0.2) is 0 Å². The van der Waals surface area contributed by atoms with Gasteiger partial charge in [-0.15, -0.1) is 11.3 Å². The Morgan fingerprint density at radius 1 is 0.353 bits per heavy atom. The minimum Gasteiger partial charge on any atom is -0.455 e. The van der Waals surface area contributed by atoms with Gasteiger partial charge in [0.25, 0.3) is 0 Å². The first-order chi connectivity index (χ1) is 33.7. The van der Waals surface area contributed by atoms with Crippen LogP contribution < -0.4 is 4.90 Å². The van der Waals surface area contributed by atoms with Crippen molar-refractivity contribution in [3.05, 3.63) is 243 Å². The first kappa shape index (κ1) is 38.6. The predicted molar refractivity (Wildman–Crippen MR) is 289 cm³/mol. The molecule has 0 fully saturated rings. The van der Waals surface area contributed by atoms with Crippen LogP contribution in [0.15, 0.2) is 247 Å². The number of furan rings is 1. The molecule has 318 valence electrons. The summed E-state index contributed by atoms with van der Waals surface area (Å²) in [4.78, 5) is 2.37. The van der Waals surface area contributed by atoms with Crippen molar-refractivity contribution in [2.75, 3.05) is 4.90 Å². The lowest BCUT2D eigenvalue weighted by atomic mass is 9.97. The van der Waals surface area contributed by atoms with Crippen LogP contribution in [0.5, 0.6) is 0 Å². The number of para-hydroxylation sites is 3. The van der Waals surface area contributed by atoms with Crippen molar-refractivity contribution < 1.29 is 4.42 Å². The van der Waals surface area contributed by atoms with Crippen molar-refractivity contribution in [2.24, 2.45) is 0 Å². The van der Waals surface area contributed by atoms with Gasteiger partial charge >= 0.3 is 0 Å². The summed E-state index contributed by atoms with van der Waals surface area (Å²) in [6, 6.07) is 88.1. The Hall–Kier alpha value is -8.70. The average molecular weight is 885 g/mol. The molecule has 0 aliphatic heterocycles. The summed E-state index contributed by atoms with van der Waals surface area (Å²) < 4.78 is 11.6. The van der Waals surface area contributed by atoms with E-state index in [-0.39, 0.29) is 0 Å². The molecule has 0 aliphatic carbocycles. The van der Waals surface area contributed by atoms with E-state index in [0.717, 1.165) is 66.8 Å². The SMILES string of the molecule is c1ccc(-n2c3ccccc3c3ccccc32)c(-c2ccc(N(c3ccc(-c4cccc5c4sc4ccccc45)cc3)c3ccc(-c4cccc5oc6c7ccccc7ccc6c45)cc3)cc2)c1. The maximum Gasteiger partial charge on any atom is 0.143 e. The molecular weight excluding hydrogens is 845 g/mol. The highest BCUT2D eigenvalue weighted by atomic mass is 32.1. The third-order valence-corrected chi connectivity index (χ3v) is 15.0. The summed E-state index contributed by atoms with van der Waals surface area (Å²) in [7, 11) is 0. The van der Waals surface area contributed by atoms with E-state index < -0.39 is 0 Å². The summed E-state index contributed by atoms with van der Waals surface area (Å²) in [5, 5.41) is 9.70. The van der Waals surface area contributed by atoms with E-state index in [9.17, 15) is 0 Å². The number of fused-ring (bicyclic) bond motifs is 11. The number of hydrogen-bond donors (Lipinski definition) is 0. The maximum absolute atomic E-state index is 6.58. The van der Waals surface area contributed by atoms with Crippen LogP contribution in [0, 0.1) is 0 Å². The minimum atomic E-state index is 0.894. The Labute approximate surface area is 396 Å². The molecule has 14 aromatic rings. The van der Waals surface area contributed by atoms with Gasteiger partial charge < -0.3 is 13.9 Å². The molecule has 0 unspecified atom stereocenters. The molecule has 3 nitrogen and oxygen atoms in total. The highest BCUT2D eigenvalue weighted by Gasteiger charge is 2.20. The molecule has 0 radical (unpaired) electrons. The van der Waals surface area contributed by atoms with Crippen LogP contribution in [0.25, 0.3) is 114 Å². The number of benzene rings is 11. The van der Waals surface area contributed by atoms with Crippen LogP contribution in [0.2, 0.25) is 0 Å². The first-order valence-electron chi connectivity index (χ1n) is 23.2. The standard InChI is InChI=1S/C64H40N2OS/c1-2-15-50-41(13-1)33-40-56-62-49(19-12-25-60(62)67-63(50)56)43-29-36-46(37-30-43)65(47-38-31-44(32-39-47)51-20-11-21-55-54-18-6-10-26-61(54)68-64(51)55)45-34-27-42(28-35-45)48-14-3-7-22-57(48)66-58-23-8-4-16-52(58)53-17-5-9-24-59(53)66/h1-40H. The highest BCUT2D eigenvalue weighted by molar-refractivity contribution is 7.26. The second-order valence-corrected chi connectivity index (χ2v) is 18.6. The van der Waals surface area contributed by atoms with Crippen molar-refractivity contribution >= 4 is 103 Å². The van der Waals surface area contributed by atoms with E-state index in [4.69, 9.17) is 4.42 Å². The molecule has 0 aliphatic rings. The lowest BCUT2D eigenvalue weighted by Gasteiger charge is -2.26. The third-order valence-electron chi connectivity index (χ3n) is 13.8. The Morgan fingerprint density at radius 3 is 1.57 bits per heavy atom. The zero-order valence-corrected chi connectivity index (χ0v) is 37.6. The molecule has 3 aromatic heterocycles. The molecule has 0 saturated carbocycles. The molecule has 68 heavy (non-hydrogen) atoms. The fourth-order valence-electron chi connectivity index (χ4n) is 10.7. The molecule has 0 atom stereocenters. The number of thiophene rings is 1. The minimum absolute atomic E-state index is 0.894. The van der Waals surface area contributed by atoms with Gasteiger partial charge in [0.1, 0.15) is 11.2 Å². The Morgan fingerprint density at radius 2 is 0.868 bits per heavy atom. The van der Waals surface area contributed by atoms with Gasteiger partial charge in [0.2, 0.25) is 0 Å². The van der Waals surface area contributed by atoms with Gasteiger partial charge in [-0.2, -0.15) is 0 Å². The zero-order valence-electron chi connectivity index (χ0n) is 36.8. The maximum atomic E-state index is 6.58. The van der Waals surface area contributed by atoms with Gasteiger partial charge in [0, 0.05) is 69.7 Å². The normalized spacial score (nSPS) is 11.8. The quantitative estimate of drug-likeness (QED) is 0.159. The summed E-state index contributed by atoms with van der Waals surface area (Å²) in [5.74, 6) is 0. The van der Waals surface area contributed by atoms with Crippen molar-refractivity contribution in [2.45, 2.75) is 0 Å². The second-order valence-electron chi connectivity index (χ2n) is 17.6. The van der Waals surface area contributed by atoms with Gasteiger partial charge in [-0.3, -0.25) is 0 Å². The van der Waals surface area contributed by atoms with Crippen molar-refractivity contribution in [3.8, 4) is 39.1 Å². The molecule has 11 aromatic carbocycles. The monoisotopic (exact) mass is 884 g/mol. The highest BCUT2D eigenvalue weighted by Crippen LogP contribution is 2.44. The molecule has 0 N–H and O–H groups in total. The van der Waals surface area contributed by atoms with Crippen LogP contribution >= 0.6 is 11.3 Å². The van der Waals surface area contributed by atoms with Crippen LogP contribution in [0.4, 0.5) is 17.1 Å². The molecule has 0 bridgehead atoms. The van der Waals surface area contributed by atoms with E-state index in [1.54, 1.807) is 0 Å². The number of rotatable bonds is 7. The van der Waals surface area contributed by atoms with E-state index in [2.05, 4.69) is 252 Å². The van der Waals surface area contributed by atoms with Gasteiger partial charge in [-0.25, -0.2) is 0 Å². The Kier molecular flexibility index (Phi) is 8.76. The molecule has 0 saturated heterocycles. The van der Waals surface area contributed by atoms with Crippen LogP contribution in [0.3, 0.4) is 0 Å². The van der Waals surface area contributed by atoms with Crippen LogP contribution in [-0.4, -0.2) is 4.57 Å². The smallest absolute Gasteiger partial charge is 0.143 e. The number of aromatic nitrogens is 1. The predicted octanol–water partition coefficient (Wildman–Crippen LogP) is 18.7. The molecular formula is C64H40N2OS.